The largest absolute Gasteiger partial charge is 0.477 e. The van der Waals surface area contributed by atoms with Crippen molar-refractivity contribution in [2.24, 2.45) is 11.8 Å². The fourth-order valence-electron chi connectivity index (χ4n) is 10.7. The number of nitrogens with one attached hydrogen (secondary N) is 3. The number of amides is 7. The summed E-state index contributed by atoms with van der Waals surface area (Å²) in [6, 6.07) is 0. The molecule has 12 atom stereocenters. The molecule has 0 radical (unpaired) electrons. The highest BCUT2D eigenvalue weighted by molar-refractivity contribution is 6.12. The van der Waals surface area contributed by atoms with Crippen LogP contribution in [0.2, 0.25) is 0 Å². The summed E-state index contributed by atoms with van der Waals surface area (Å²) >= 11 is 0. The van der Waals surface area contributed by atoms with E-state index in [1.807, 2.05) is 0 Å². The number of carboxylic acid groups (broad SMARTS) is 2. The van der Waals surface area contributed by atoms with Crippen LogP contribution in [0.5, 0.6) is 0 Å². The van der Waals surface area contributed by atoms with Crippen molar-refractivity contribution >= 4 is 70.8 Å². The van der Waals surface area contributed by atoms with E-state index in [1.165, 1.54) is 26.0 Å². The van der Waals surface area contributed by atoms with Crippen LogP contribution in [0, 0.1) is 11.8 Å². The number of aliphatic carboxylic acids is 2. The van der Waals surface area contributed by atoms with Gasteiger partial charge in [0.1, 0.15) is 49.2 Å². The molecule has 4 aliphatic heterocycles. The van der Waals surface area contributed by atoms with Crippen LogP contribution in [0.4, 0.5) is 0 Å². The zero-order valence-corrected chi connectivity index (χ0v) is 61.8. The Kier molecular flexibility index (Phi) is 49.3. The molecule has 0 bridgehead atoms. The number of imide groups is 2. The molecule has 4 heterocycles. The van der Waals surface area contributed by atoms with Gasteiger partial charge in [-0.3, -0.25) is 38.5 Å². The van der Waals surface area contributed by atoms with Crippen LogP contribution in [0.3, 0.4) is 0 Å². The number of carbonyl (C=O) groups excluding carboxylic acids is 10. The summed E-state index contributed by atoms with van der Waals surface area (Å²) in [7, 11) is 0. The number of carboxylic acids is 2. The van der Waals surface area contributed by atoms with Crippen molar-refractivity contribution < 1.29 is 184 Å². The van der Waals surface area contributed by atoms with Gasteiger partial charge in [-0.15, -0.1) is 5.06 Å². The van der Waals surface area contributed by atoms with Gasteiger partial charge in [0.2, 0.25) is 17.7 Å². The maximum atomic E-state index is 12.1. The molecular formula is C67H109N5O38. The quantitative estimate of drug-likeness (QED) is 0.0199. The van der Waals surface area contributed by atoms with Crippen LogP contribution in [-0.2, 0) is 133 Å². The monoisotopic (exact) mass is 1590 g/mol. The van der Waals surface area contributed by atoms with E-state index in [9.17, 15) is 109 Å². The third-order valence-electron chi connectivity index (χ3n) is 16.2. The Hall–Kier alpha value is -6.74. The van der Waals surface area contributed by atoms with Gasteiger partial charge in [-0.2, -0.15) is 0 Å². The van der Waals surface area contributed by atoms with E-state index in [0.29, 0.717) is 84.2 Å². The SMILES string of the molecule is CC(=O)CC1C(O)CC(OCCNC(=O)COCC(=O)NCCOCCOCCNC(=O)CCCN2C(=O)C=CC2=O)(C(=O)O)OC1C(O)C(O)CO.CC(=O)CC1C(O)CC(OCCOCCOCCOCCOCCOCCOCCOCCOCCC(=O)ON2C(=O)CCC2=O)(C(=O)O)OC1C(O)C(O)CO. The summed E-state index contributed by atoms with van der Waals surface area (Å²) in [6.07, 6.45) is -12.1. The molecule has 4 aliphatic rings. The van der Waals surface area contributed by atoms with Gasteiger partial charge in [0.15, 0.2) is 0 Å². The van der Waals surface area contributed by atoms with Crippen LogP contribution in [0.25, 0.3) is 0 Å². The van der Waals surface area contributed by atoms with Crippen LogP contribution < -0.4 is 16.0 Å². The number of nitrogens with zero attached hydrogens (tertiary/aromatic N) is 2. The van der Waals surface area contributed by atoms with Crippen molar-refractivity contribution in [1.29, 1.82) is 0 Å². The minimum Gasteiger partial charge on any atom is -0.477 e. The van der Waals surface area contributed by atoms with Gasteiger partial charge in [0, 0.05) is 95.1 Å². The molecule has 630 valence electrons. The van der Waals surface area contributed by atoms with Crippen molar-refractivity contribution in [3.8, 4) is 0 Å². The number of aliphatic hydroxyl groups excluding tert-OH is 8. The zero-order valence-electron chi connectivity index (χ0n) is 61.8. The first-order valence-corrected chi connectivity index (χ1v) is 35.8. The lowest BCUT2D eigenvalue weighted by atomic mass is 9.80. The predicted octanol–water partition coefficient (Wildman–Crippen LogP) is -7.28. The first-order chi connectivity index (χ1) is 52.6. The summed E-state index contributed by atoms with van der Waals surface area (Å²) in [5, 5.41) is 108. The molecule has 13 N–H and O–H groups in total. The van der Waals surface area contributed by atoms with Gasteiger partial charge in [-0.05, 0) is 20.3 Å². The average Bonchev–Trinajstić information content (AvgIpc) is 0.926. The molecule has 4 rings (SSSR count). The fraction of sp³-hybridized carbons (Fsp3) is 0.791. The number of hydroxylamine groups is 2. The van der Waals surface area contributed by atoms with Crippen LogP contribution in [0.1, 0.15) is 71.6 Å². The van der Waals surface area contributed by atoms with E-state index in [0.717, 1.165) is 4.90 Å². The molecule has 43 heteroatoms. The van der Waals surface area contributed by atoms with Crippen LogP contribution in [-0.4, -0.2) is 390 Å². The van der Waals surface area contributed by atoms with Gasteiger partial charge in [-0.25, -0.2) is 14.4 Å². The van der Waals surface area contributed by atoms with E-state index in [-0.39, 0.29) is 154 Å². The number of hydrogen-bond acceptors (Lipinski definition) is 36. The highest BCUT2D eigenvalue weighted by Gasteiger charge is 2.57. The Balaban J connectivity index is 0.000000572. The van der Waals surface area contributed by atoms with Crippen molar-refractivity contribution in [2.75, 3.05) is 198 Å². The maximum Gasteiger partial charge on any atom is 0.364 e. The molecule has 0 aromatic rings. The molecule has 0 aromatic heterocycles. The first-order valence-electron chi connectivity index (χ1n) is 35.8. The number of hydrogen-bond donors (Lipinski definition) is 13. The molecule has 3 fully saturated rings. The molecule has 12 unspecified atom stereocenters. The Morgan fingerprint density at radius 1 is 0.473 bits per heavy atom. The zero-order chi connectivity index (χ0) is 81.3. The lowest BCUT2D eigenvalue weighted by molar-refractivity contribution is -0.320. The maximum absolute atomic E-state index is 12.1. The third-order valence-corrected chi connectivity index (χ3v) is 16.2. The Morgan fingerprint density at radius 3 is 1.17 bits per heavy atom. The number of ether oxygens (including phenoxy) is 15. The summed E-state index contributed by atoms with van der Waals surface area (Å²) < 4.78 is 80.9. The van der Waals surface area contributed by atoms with Gasteiger partial charge < -0.3 is 152 Å². The lowest BCUT2D eigenvalue weighted by Crippen LogP contribution is -2.62. The van der Waals surface area contributed by atoms with Gasteiger partial charge >= 0.3 is 17.9 Å². The third kappa shape index (κ3) is 38.2. The predicted molar refractivity (Wildman–Crippen MR) is 364 cm³/mol. The molecule has 7 amide bonds. The summed E-state index contributed by atoms with van der Waals surface area (Å²) in [5.74, 6) is -15.0. The topological polar surface area (TPSA) is 597 Å². The molecule has 43 nitrogen and oxygen atoms in total. The Labute approximate surface area is 633 Å². The minimum atomic E-state index is -2.51. The van der Waals surface area contributed by atoms with Crippen molar-refractivity contribution in [2.45, 2.75) is 132 Å². The second-order valence-corrected chi connectivity index (χ2v) is 24.9. The van der Waals surface area contributed by atoms with E-state index >= 15 is 0 Å². The summed E-state index contributed by atoms with van der Waals surface area (Å²) in [4.78, 5) is 147. The highest BCUT2D eigenvalue weighted by atomic mass is 16.7. The molecule has 0 aliphatic carbocycles. The van der Waals surface area contributed by atoms with Crippen molar-refractivity contribution in [1.82, 2.24) is 25.9 Å². The first kappa shape index (κ1) is 97.5. The average molecular weight is 1590 g/mol. The number of Topliss-reactive ketones (excluding diaryl/α,β-unsaturated/α-hetero) is 2. The Morgan fingerprint density at radius 2 is 0.809 bits per heavy atom. The van der Waals surface area contributed by atoms with E-state index in [4.69, 9.17) is 75.9 Å². The Bertz CT molecular complexity index is 2790. The van der Waals surface area contributed by atoms with Gasteiger partial charge in [-0.1, -0.05) is 0 Å². The number of aliphatic hydroxyl groups is 8. The van der Waals surface area contributed by atoms with E-state index < -0.39 is 165 Å². The molecule has 0 aromatic carbocycles. The molecular weight excluding hydrogens is 1480 g/mol. The van der Waals surface area contributed by atoms with E-state index in [1.54, 1.807) is 0 Å². The van der Waals surface area contributed by atoms with Gasteiger partial charge in [0.25, 0.3) is 35.2 Å². The van der Waals surface area contributed by atoms with Crippen LogP contribution in [0.15, 0.2) is 12.2 Å². The second kappa shape index (κ2) is 55.7. The number of rotatable bonds is 62. The number of carbonyl (C=O) groups is 12. The van der Waals surface area contributed by atoms with Gasteiger partial charge in [0.05, 0.1) is 189 Å². The van der Waals surface area contributed by atoms with Crippen molar-refractivity contribution in [3.05, 3.63) is 12.2 Å². The summed E-state index contributed by atoms with van der Waals surface area (Å²) in [6.45, 7) is 4.82. The summed E-state index contributed by atoms with van der Waals surface area (Å²) in [5.41, 5.74) is 0. The molecule has 0 spiro atoms. The second-order valence-electron chi connectivity index (χ2n) is 24.9. The minimum absolute atomic E-state index is 0.0379. The number of ketones is 2. The molecule has 3 saturated heterocycles. The highest BCUT2D eigenvalue weighted by Crippen LogP contribution is 2.40. The standard InChI is InChI=1S/C35H59NO21.C32H50N4O17/c1-25(38)22-26-27(39)23-35(34(45)46,56-33(26)32(44)28(40)24-37)55-21-20-54-19-18-53-17-16-52-15-14-51-13-12-50-11-10-49-9-8-48-7-6-47-5-4-31(43)57-36-29(41)2-3-30(36)42;1-20(38)15-21-22(39)16-32(31(47)48,53-30(21)29(46)23(40)17-37)52-12-8-35-26(43)19-51-18-25(42)34-7-11-50-14-13-49-10-6-33-24(41)3-2-9-36-27(44)4-5-28(36)45/h26-28,32-33,37,39-40,44H,2-24H2,1H3,(H,45,46);4-5,21-23,29-30,37,39-40,46H,2-3,6-19H2,1H3,(H,33,41)(H,34,42)(H,35,43)(H,47,48). The molecule has 0 saturated carbocycles. The smallest absolute Gasteiger partial charge is 0.364 e. The normalized spacial score (nSPS) is 22.3. The van der Waals surface area contributed by atoms with Crippen LogP contribution >= 0.6 is 0 Å². The molecule has 110 heavy (non-hydrogen) atoms. The van der Waals surface area contributed by atoms with E-state index in [2.05, 4.69) is 16.0 Å². The fourth-order valence-corrected chi connectivity index (χ4v) is 10.7. The van der Waals surface area contributed by atoms with Crippen molar-refractivity contribution in [3.63, 3.8) is 0 Å². The lowest BCUT2D eigenvalue weighted by Gasteiger charge is -2.46.